The van der Waals surface area contributed by atoms with Crippen molar-refractivity contribution in [1.29, 1.82) is 0 Å². The first-order chi connectivity index (χ1) is 10.2. The van der Waals surface area contributed by atoms with E-state index in [2.05, 4.69) is 14.5 Å². The lowest BCUT2D eigenvalue weighted by atomic mass is 9.95. The average molecular weight is 308 g/mol. The van der Waals surface area contributed by atoms with Gasteiger partial charge in [0.05, 0.1) is 17.6 Å². The van der Waals surface area contributed by atoms with Gasteiger partial charge < -0.3 is 9.30 Å². The van der Waals surface area contributed by atoms with E-state index in [1.807, 2.05) is 6.20 Å². The smallest absolute Gasteiger partial charge is 0.340 e. The largest absolute Gasteiger partial charge is 0.462 e. The van der Waals surface area contributed by atoms with E-state index in [-0.39, 0.29) is 5.97 Å². The molecular weight excluding hydrogens is 290 g/mol. The molecule has 3 rings (SSSR count). The van der Waals surface area contributed by atoms with Crippen molar-refractivity contribution in [2.24, 2.45) is 0 Å². The van der Waals surface area contributed by atoms with Gasteiger partial charge in [-0.1, -0.05) is 30.9 Å². The Balaban J connectivity index is 2.12. The summed E-state index contributed by atoms with van der Waals surface area (Å²) in [5.41, 5.74) is 1.19. The molecule has 2 heterocycles. The number of hydrogen-bond acceptors (Lipinski definition) is 4. The molecule has 1 aliphatic rings. The van der Waals surface area contributed by atoms with E-state index in [1.165, 1.54) is 25.6 Å². The standard InChI is InChI=1S/C15H18ClN3O2/c1-2-21-15(20)11-8-19(10-6-4-3-5-7-10)14-12(11)13(16)17-9-18-14/h8-10H,2-7H2,1H3. The Morgan fingerprint density at radius 2 is 2.14 bits per heavy atom. The SMILES string of the molecule is CCOC(=O)c1cn(C2CCCCC2)c2ncnc(Cl)c12. The number of carbonyl (C=O) groups is 1. The number of fused-ring (bicyclic) bond motifs is 1. The van der Waals surface area contributed by atoms with Gasteiger partial charge in [0.2, 0.25) is 0 Å². The number of esters is 1. The van der Waals surface area contributed by atoms with E-state index in [9.17, 15) is 4.79 Å². The zero-order valence-electron chi connectivity index (χ0n) is 12.0. The second-order valence-corrected chi connectivity index (χ2v) is 5.68. The lowest BCUT2D eigenvalue weighted by molar-refractivity contribution is 0.0528. The summed E-state index contributed by atoms with van der Waals surface area (Å²) >= 11 is 6.19. The number of rotatable bonds is 3. The predicted octanol–water partition coefficient (Wildman–Crippen LogP) is 3.77. The number of hydrogen-bond donors (Lipinski definition) is 0. The molecule has 0 N–H and O–H groups in total. The minimum Gasteiger partial charge on any atom is -0.462 e. The Morgan fingerprint density at radius 3 is 2.86 bits per heavy atom. The minimum atomic E-state index is -0.367. The van der Waals surface area contributed by atoms with Gasteiger partial charge in [0.1, 0.15) is 17.1 Å². The highest BCUT2D eigenvalue weighted by atomic mass is 35.5. The molecule has 5 nitrogen and oxygen atoms in total. The van der Waals surface area contributed by atoms with Crippen LogP contribution in [0, 0.1) is 0 Å². The molecule has 0 atom stereocenters. The molecule has 0 spiro atoms. The van der Waals surface area contributed by atoms with E-state index in [0.717, 1.165) is 18.5 Å². The van der Waals surface area contributed by atoms with E-state index < -0.39 is 0 Å². The first-order valence-electron chi connectivity index (χ1n) is 7.40. The molecule has 2 aromatic rings. The molecule has 1 aliphatic carbocycles. The van der Waals surface area contributed by atoms with Crippen molar-refractivity contribution in [3.8, 4) is 0 Å². The maximum atomic E-state index is 12.2. The number of aromatic nitrogens is 3. The summed E-state index contributed by atoms with van der Waals surface area (Å²) in [6.07, 6.45) is 9.17. The third-order valence-corrected chi connectivity index (χ3v) is 4.31. The third kappa shape index (κ3) is 2.62. The monoisotopic (exact) mass is 307 g/mol. The average Bonchev–Trinajstić information content (AvgIpc) is 2.89. The van der Waals surface area contributed by atoms with Crippen LogP contribution in [0.3, 0.4) is 0 Å². The lowest BCUT2D eigenvalue weighted by Gasteiger charge is -2.23. The molecular formula is C15H18ClN3O2. The van der Waals surface area contributed by atoms with E-state index >= 15 is 0 Å². The van der Waals surface area contributed by atoms with Gasteiger partial charge in [0.25, 0.3) is 0 Å². The van der Waals surface area contributed by atoms with Crippen molar-refractivity contribution < 1.29 is 9.53 Å². The molecule has 1 fully saturated rings. The maximum Gasteiger partial charge on any atom is 0.340 e. The zero-order chi connectivity index (χ0) is 14.8. The van der Waals surface area contributed by atoms with Crippen molar-refractivity contribution in [2.45, 2.75) is 45.1 Å². The highest BCUT2D eigenvalue weighted by Crippen LogP contribution is 2.34. The first-order valence-corrected chi connectivity index (χ1v) is 7.78. The molecule has 0 amide bonds. The van der Waals surface area contributed by atoms with Crippen molar-refractivity contribution in [3.63, 3.8) is 0 Å². The Labute approximate surface area is 128 Å². The molecule has 0 saturated heterocycles. The predicted molar refractivity (Wildman–Crippen MR) is 80.6 cm³/mol. The second-order valence-electron chi connectivity index (χ2n) is 5.33. The fourth-order valence-corrected chi connectivity index (χ4v) is 3.28. The Kier molecular flexibility index (Phi) is 4.10. The van der Waals surface area contributed by atoms with E-state index in [4.69, 9.17) is 16.3 Å². The van der Waals surface area contributed by atoms with Crippen molar-refractivity contribution in [3.05, 3.63) is 23.2 Å². The van der Waals surface area contributed by atoms with Crippen LogP contribution in [0.15, 0.2) is 12.5 Å². The van der Waals surface area contributed by atoms with E-state index in [0.29, 0.717) is 28.8 Å². The molecule has 0 aliphatic heterocycles. The van der Waals surface area contributed by atoms with Gasteiger partial charge in [-0.15, -0.1) is 0 Å². The summed E-state index contributed by atoms with van der Waals surface area (Å²) in [4.78, 5) is 20.5. The second kappa shape index (κ2) is 6.02. The van der Waals surface area contributed by atoms with Crippen LogP contribution < -0.4 is 0 Å². The van der Waals surface area contributed by atoms with Gasteiger partial charge in [-0.2, -0.15) is 0 Å². The highest BCUT2D eigenvalue weighted by molar-refractivity contribution is 6.35. The summed E-state index contributed by atoms with van der Waals surface area (Å²) in [5, 5.41) is 0.904. The van der Waals surface area contributed by atoms with Gasteiger partial charge >= 0.3 is 5.97 Å². The molecule has 0 unspecified atom stereocenters. The summed E-state index contributed by atoms with van der Waals surface area (Å²) in [6.45, 7) is 2.12. The topological polar surface area (TPSA) is 57.0 Å². The minimum absolute atomic E-state index is 0.303. The molecule has 0 bridgehead atoms. The normalized spacial score (nSPS) is 16.3. The molecule has 1 saturated carbocycles. The molecule has 112 valence electrons. The number of halogens is 1. The molecule has 0 radical (unpaired) electrons. The van der Waals surface area contributed by atoms with Gasteiger partial charge in [-0.3, -0.25) is 0 Å². The van der Waals surface area contributed by atoms with Crippen molar-refractivity contribution in [2.75, 3.05) is 6.61 Å². The Bertz CT molecular complexity index is 662. The number of carbonyl (C=O) groups excluding carboxylic acids is 1. The summed E-state index contributed by atoms with van der Waals surface area (Å²) in [5.74, 6) is -0.367. The van der Waals surface area contributed by atoms with Crippen molar-refractivity contribution >= 4 is 28.6 Å². The quantitative estimate of drug-likeness (QED) is 0.640. The number of nitrogens with zero attached hydrogens (tertiary/aromatic N) is 3. The van der Waals surface area contributed by atoms with Gasteiger partial charge in [0, 0.05) is 12.2 Å². The fraction of sp³-hybridized carbons (Fsp3) is 0.533. The van der Waals surface area contributed by atoms with Crippen LogP contribution >= 0.6 is 11.6 Å². The van der Waals surface area contributed by atoms with Gasteiger partial charge in [-0.05, 0) is 19.8 Å². The third-order valence-electron chi connectivity index (χ3n) is 4.03. The summed E-state index contributed by atoms with van der Waals surface area (Å²) in [7, 11) is 0. The maximum absolute atomic E-state index is 12.2. The summed E-state index contributed by atoms with van der Waals surface area (Å²) in [6, 6.07) is 0.371. The van der Waals surface area contributed by atoms with Crippen LogP contribution in [-0.4, -0.2) is 27.1 Å². The first kappa shape index (κ1) is 14.3. The zero-order valence-corrected chi connectivity index (χ0v) is 12.8. The van der Waals surface area contributed by atoms with Crippen LogP contribution in [-0.2, 0) is 4.74 Å². The Hall–Kier alpha value is -1.62. The van der Waals surface area contributed by atoms with Crippen LogP contribution in [0.5, 0.6) is 0 Å². The molecule has 0 aromatic carbocycles. The molecule has 21 heavy (non-hydrogen) atoms. The van der Waals surface area contributed by atoms with E-state index in [1.54, 1.807) is 6.92 Å². The van der Waals surface area contributed by atoms with Crippen LogP contribution in [0.25, 0.3) is 11.0 Å². The number of ether oxygens (including phenoxy) is 1. The van der Waals surface area contributed by atoms with Crippen LogP contribution in [0.2, 0.25) is 5.15 Å². The molecule has 6 heteroatoms. The summed E-state index contributed by atoms with van der Waals surface area (Å²) < 4.78 is 7.20. The lowest BCUT2D eigenvalue weighted by Crippen LogP contribution is -2.12. The Morgan fingerprint density at radius 1 is 1.38 bits per heavy atom. The fourth-order valence-electron chi connectivity index (χ4n) is 3.05. The van der Waals surface area contributed by atoms with Crippen molar-refractivity contribution in [1.82, 2.24) is 14.5 Å². The molecule has 2 aromatic heterocycles. The van der Waals surface area contributed by atoms with Gasteiger partial charge in [-0.25, -0.2) is 14.8 Å². The highest BCUT2D eigenvalue weighted by Gasteiger charge is 2.24. The van der Waals surface area contributed by atoms with Gasteiger partial charge in [0.15, 0.2) is 0 Å². The van der Waals surface area contributed by atoms with Crippen LogP contribution in [0.4, 0.5) is 0 Å². The van der Waals surface area contributed by atoms with Crippen LogP contribution in [0.1, 0.15) is 55.4 Å².